The first-order chi connectivity index (χ1) is 7.25. The van der Waals surface area contributed by atoms with Crippen LogP contribution in [0.3, 0.4) is 0 Å². The van der Waals surface area contributed by atoms with Gasteiger partial charge >= 0.3 is 0 Å². The van der Waals surface area contributed by atoms with Crippen molar-refractivity contribution in [2.75, 3.05) is 5.32 Å². The molecule has 0 radical (unpaired) electrons. The predicted molar refractivity (Wildman–Crippen MR) is 52.7 cm³/mol. The fourth-order valence-electron chi connectivity index (χ4n) is 0.773. The average Bonchev–Trinajstić information content (AvgIpc) is 2.71. The molecule has 15 heavy (non-hydrogen) atoms. The van der Waals surface area contributed by atoms with Crippen LogP contribution in [-0.4, -0.2) is 30.7 Å². The zero-order chi connectivity index (χ0) is 10.7. The third-order valence-electron chi connectivity index (χ3n) is 1.37. The van der Waals surface area contributed by atoms with E-state index in [1.54, 1.807) is 0 Å². The molecule has 1 amide bonds. The monoisotopic (exact) mass is 242 g/mol. The number of nitrogens with one attached hydrogen (secondary N) is 1. The summed E-state index contributed by atoms with van der Waals surface area (Å²) in [6.45, 7) is 0. The minimum absolute atomic E-state index is 0.148. The highest BCUT2D eigenvalue weighted by molar-refractivity contribution is 7.09. The van der Waals surface area contributed by atoms with Crippen LogP contribution in [0.25, 0.3) is 0 Å². The topological polar surface area (TPSA) is 93.6 Å². The van der Waals surface area contributed by atoms with Crippen LogP contribution in [0.2, 0.25) is 5.15 Å². The third kappa shape index (κ3) is 2.42. The van der Waals surface area contributed by atoms with Crippen LogP contribution >= 0.6 is 23.1 Å². The van der Waals surface area contributed by atoms with Crippen LogP contribution < -0.4 is 5.32 Å². The number of aromatic nitrogens is 5. The molecule has 0 aliphatic rings. The number of amides is 1. The van der Waals surface area contributed by atoms with E-state index in [4.69, 9.17) is 11.6 Å². The van der Waals surface area contributed by atoms with Crippen LogP contribution in [0.4, 0.5) is 5.13 Å². The molecule has 0 aromatic carbocycles. The van der Waals surface area contributed by atoms with E-state index >= 15 is 0 Å². The fourth-order valence-corrected chi connectivity index (χ4v) is 1.23. The van der Waals surface area contributed by atoms with Crippen LogP contribution in [0, 0.1) is 0 Å². The molecule has 0 spiro atoms. The van der Waals surface area contributed by atoms with E-state index in [0.717, 1.165) is 11.5 Å². The molecule has 0 fully saturated rings. The van der Waals surface area contributed by atoms with Gasteiger partial charge in [0.1, 0.15) is 10.8 Å². The van der Waals surface area contributed by atoms with Gasteiger partial charge in [0.25, 0.3) is 5.91 Å². The zero-order valence-electron chi connectivity index (χ0n) is 7.09. The SMILES string of the molecule is O=C(Nc1nnns1)c1cnc(Cl)cn1. The molecule has 2 aromatic heterocycles. The molecule has 0 saturated carbocycles. The molecule has 0 bridgehead atoms. The highest BCUT2D eigenvalue weighted by Crippen LogP contribution is 2.07. The minimum Gasteiger partial charge on any atom is -0.294 e. The molecule has 0 saturated heterocycles. The van der Waals surface area contributed by atoms with Crippen molar-refractivity contribution in [3.8, 4) is 0 Å². The molecular formula is C6H3ClN6OS. The molecule has 2 heterocycles. The number of nitrogens with zero attached hydrogens (tertiary/aromatic N) is 5. The molecule has 0 aliphatic heterocycles. The van der Waals surface area contributed by atoms with Crippen molar-refractivity contribution in [2.24, 2.45) is 0 Å². The lowest BCUT2D eigenvalue weighted by molar-refractivity contribution is 0.102. The van der Waals surface area contributed by atoms with E-state index in [2.05, 4.69) is 30.1 Å². The maximum Gasteiger partial charge on any atom is 0.277 e. The molecular weight excluding hydrogens is 240 g/mol. The molecule has 2 rings (SSSR count). The summed E-state index contributed by atoms with van der Waals surface area (Å²) in [6.07, 6.45) is 2.56. The van der Waals surface area contributed by atoms with Crippen molar-refractivity contribution < 1.29 is 4.79 Å². The van der Waals surface area contributed by atoms with Crippen LogP contribution in [0.1, 0.15) is 10.5 Å². The summed E-state index contributed by atoms with van der Waals surface area (Å²) in [5, 5.41) is 9.86. The van der Waals surface area contributed by atoms with E-state index in [9.17, 15) is 4.79 Å². The van der Waals surface area contributed by atoms with E-state index < -0.39 is 5.91 Å². The quantitative estimate of drug-likeness (QED) is 0.830. The number of rotatable bonds is 2. The van der Waals surface area contributed by atoms with Crippen molar-refractivity contribution in [2.45, 2.75) is 0 Å². The summed E-state index contributed by atoms with van der Waals surface area (Å²) >= 11 is 6.49. The van der Waals surface area contributed by atoms with Crippen molar-refractivity contribution in [3.05, 3.63) is 23.2 Å². The van der Waals surface area contributed by atoms with E-state index in [-0.39, 0.29) is 10.8 Å². The average molecular weight is 243 g/mol. The van der Waals surface area contributed by atoms with Gasteiger partial charge in [-0.3, -0.25) is 10.1 Å². The highest BCUT2D eigenvalue weighted by atomic mass is 35.5. The van der Waals surface area contributed by atoms with Gasteiger partial charge in [0.05, 0.1) is 12.4 Å². The number of halogens is 1. The summed E-state index contributed by atoms with van der Waals surface area (Å²) in [6, 6.07) is 0. The summed E-state index contributed by atoms with van der Waals surface area (Å²) < 4.78 is 3.49. The predicted octanol–water partition coefficient (Wildman–Crippen LogP) is 0.629. The maximum atomic E-state index is 11.5. The third-order valence-corrected chi connectivity index (χ3v) is 2.08. The second-order valence-electron chi connectivity index (χ2n) is 2.35. The Morgan fingerprint density at radius 3 is 2.87 bits per heavy atom. The van der Waals surface area contributed by atoms with Gasteiger partial charge in [0.2, 0.25) is 5.13 Å². The standard InChI is InChI=1S/C6H3ClN6OS/c7-4-2-8-3(1-9-4)5(14)10-6-11-12-13-15-6/h1-2H,(H,10,11,13,14). The zero-order valence-corrected chi connectivity index (χ0v) is 8.66. The number of carbonyl (C=O) groups is 1. The second-order valence-corrected chi connectivity index (χ2v) is 3.47. The Labute approximate surface area is 92.7 Å². The van der Waals surface area contributed by atoms with Crippen LogP contribution in [0.5, 0.6) is 0 Å². The summed E-state index contributed by atoms with van der Waals surface area (Å²) in [5.74, 6) is -0.433. The molecule has 76 valence electrons. The van der Waals surface area contributed by atoms with Gasteiger partial charge in [-0.15, -0.1) is 0 Å². The molecule has 2 aromatic rings. The number of anilines is 1. The summed E-state index contributed by atoms with van der Waals surface area (Å²) in [5.41, 5.74) is 0.148. The summed E-state index contributed by atoms with van der Waals surface area (Å²) in [4.78, 5) is 19.0. The van der Waals surface area contributed by atoms with E-state index in [0.29, 0.717) is 5.13 Å². The lowest BCUT2D eigenvalue weighted by Gasteiger charge is -1.98. The molecule has 9 heteroatoms. The Hall–Kier alpha value is -1.67. The van der Waals surface area contributed by atoms with Gasteiger partial charge in [0, 0.05) is 11.5 Å². The Morgan fingerprint density at radius 2 is 2.27 bits per heavy atom. The molecule has 0 unspecified atom stereocenters. The molecule has 1 N–H and O–H groups in total. The Morgan fingerprint density at radius 1 is 1.40 bits per heavy atom. The first-order valence-electron chi connectivity index (χ1n) is 3.69. The minimum atomic E-state index is -0.433. The highest BCUT2D eigenvalue weighted by Gasteiger charge is 2.09. The first kappa shape index (κ1) is 9.87. The molecule has 0 aliphatic carbocycles. The first-order valence-corrected chi connectivity index (χ1v) is 4.85. The second kappa shape index (κ2) is 4.24. The molecule has 7 nitrogen and oxygen atoms in total. The van der Waals surface area contributed by atoms with Crippen LogP contribution in [-0.2, 0) is 0 Å². The van der Waals surface area contributed by atoms with E-state index in [1.165, 1.54) is 12.4 Å². The van der Waals surface area contributed by atoms with E-state index in [1.807, 2.05) is 0 Å². The van der Waals surface area contributed by atoms with Gasteiger partial charge in [-0.1, -0.05) is 21.2 Å². The van der Waals surface area contributed by atoms with Gasteiger partial charge < -0.3 is 0 Å². The Balaban J connectivity index is 2.11. The summed E-state index contributed by atoms with van der Waals surface area (Å²) in [7, 11) is 0. The Bertz CT molecular complexity index is 457. The lowest BCUT2D eigenvalue weighted by Crippen LogP contribution is -2.13. The van der Waals surface area contributed by atoms with Gasteiger partial charge in [0.15, 0.2) is 0 Å². The van der Waals surface area contributed by atoms with Crippen LogP contribution in [0.15, 0.2) is 12.4 Å². The number of hydrogen-bond donors (Lipinski definition) is 1. The number of hydrogen-bond acceptors (Lipinski definition) is 7. The normalized spacial score (nSPS) is 9.93. The fraction of sp³-hybridized carbons (Fsp3) is 0. The van der Waals surface area contributed by atoms with Crippen molar-refractivity contribution in [1.82, 2.24) is 24.8 Å². The van der Waals surface area contributed by atoms with Crippen molar-refractivity contribution in [3.63, 3.8) is 0 Å². The molecule has 0 atom stereocenters. The van der Waals surface area contributed by atoms with Crippen molar-refractivity contribution >= 4 is 34.2 Å². The number of carbonyl (C=O) groups excluding carboxylic acids is 1. The van der Waals surface area contributed by atoms with Gasteiger partial charge in [-0.05, 0) is 5.21 Å². The smallest absolute Gasteiger partial charge is 0.277 e. The van der Waals surface area contributed by atoms with Gasteiger partial charge in [-0.25, -0.2) is 9.97 Å². The maximum absolute atomic E-state index is 11.5. The Kier molecular flexibility index (Phi) is 2.79. The van der Waals surface area contributed by atoms with Crippen molar-refractivity contribution in [1.29, 1.82) is 0 Å². The lowest BCUT2D eigenvalue weighted by atomic mass is 10.4. The largest absolute Gasteiger partial charge is 0.294 e. The van der Waals surface area contributed by atoms with Gasteiger partial charge in [-0.2, -0.15) is 0 Å².